The van der Waals surface area contributed by atoms with Gasteiger partial charge >= 0.3 is 5.97 Å². The van der Waals surface area contributed by atoms with Crippen molar-refractivity contribution < 1.29 is 14.3 Å². The van der Waals surface area contributed by atoms with Crippen LogP contribution in [0.4, 0.5) is 5.13 Å². The number of nitrogens with one attached hydrogen (secondary N) is 1. The van der Waals surface area contributed by atoms with Gasteiger partial charge in [0.1, 0.15) is 10.6 Å². The van der Waals surface area contributed by atoms with Crippen molar-refractivity contribution in [1.82, 2.24) is 10.2 Å². The minimum absolute atomic E-state index is 0.00576. The molecule has 6 nitrogen and oxygen atoms in total. The number of rotatable bonds is 9. The summed E-state index contributed by atoms with van der Waals surface area (Å²) in [5, 5.41) is 13.0. The van der Waals surface area contributed by atoms with Crippen LogP contribution in [-0.2, 0) is 20.7 Å². The highest BCUT2D eigenvalue weighted by Gasteiger charge is 2.45. The van der Waals surface area contributed by atoms with Gasteiger partial charge in [-0.05, 0) is 65.2 Å². The van der Waals surface area contributed by atoms with E-state index in [1.807, 2.05) is 20.8 Å². The molecule has 3 rings (SSSR count). The van der Waals surface area contributed by atoms with E-state index in [1.165, 1.54) is 24.2 Å². The second-order valence-corrected chi connectivity index (χ2v) is 10.9. The molecule has 1 heterocycles. The summed E-state index contributed by atoms with van der Waals surface area (Å²) in [5.41, 5.74) is -1.03. The van der Waals surface area contributed by atoms with Gasteiger partial charge in [-0.2, -0.15) is 0 Å². The van der Waals surface area contributed by atoms with Crippen LogP contribution in [0.2, 0.25) is 0 Å². The Morgan fingerprint density at radius 2 is 1.93 bits per heavy atom. The topological polar surface area (TPSA) is 81.2 Å². The fourth-order valence-electron chi connectivity index (χ4n) is 4.27. The van der Waals surface area contributed by atoms with Gasteiger partial charge in [-0.15, -0.1) is 10.2 Å². The van der Waals surface area contributed by atoms with Crippen molar-refractivity contribution in [2.45, 2.75) is 97.5 Å². The van der Waals surface area contributed by atoms with Gasteiger partial charge in [0.15, 0.2) is 0 Å². The lowest BCUT2D eigenvalue weighted by molar-refractivity contribution is -0.161. The van der Waals surface area contributed by atoms with E-state index in [-0.39, 0.29) is 17.8 Å². The standard InChI is InChI=1S/C22H35N3O3S/c1-5-8-16(18(26)28-21(2,3)4)14-22(11-6-7-12-22)19(27)23-20-25-24-17(29-20)13-15-9-10-15/h15-16H,5-14H2,1-4H3,(H,23,25,27). The number of hydrogen-bond acceptors (Lipinski definition) is 6. The highest BCUT2D eigenvalue weighted by atomic mass is 32.1. The molecule has 162 valence electrons. The number of hydrogen-bond donors (Lipinski definition) is 1. The fourth-order valence-corrected chi connectivity index (χ4v) is 5.12. The van der Waals surface area contributed by atoms with Crippen molar-refractivity contribution in [2.24, 2.45) is 17.3 Å². The molecule has 0 saturated heterocycles. The maximum absolute atomic E-state index is 13.3. The Morgan fingerprint density at radius 1 is 1.24 bits per heavy atom. The molecule has 7 heteroatoms. The lowest BCUT2D eigenvalue weighted by Crippen LogP contribution is -2.38. The number of nitrogens with zero attached hydrogens (tertiary/aromatic N) is 2. The first-order valence-electron chi connectivity index (χ1n) is 11.1. The summed E-state index contributed by atoms with van der Waals surface area (Å²) in [4.78, 5) is 26.1. The van der Waals surface area contributed by atoms with Crippen molar-refractivity contribution in [3.05, 3.63) is 5.01 Å². The maximum Gasteiger partial charge on any atom is 0.309 e. The molecular formula is C22H35N3O3S. The van der Waals surface area contributed by atoms with E-state index >= 15 is 0 Å². The van der Waals surface area contributed by atoms with Gasteiger partial charge in [-0.25, -0.2) is 0 Å². The number of aromatic nitrogens is 2. The molecule has 1 unspecified atom stereocenters. The average molecular weight is 422 g/mol. The molecule has 2 aliphatic rings. The predicted molar refractivity (Wildman–Crippen MR) is 115 cm³/mol. The molecule has 1 N–H and O–H groups in total. The number of amides is 1. The van der Waals surface area contributed by atoms with Gasteiger partial charge in [0, 0.05) is 6.42 Å². The molecule has 29 heavy (non-hydrogen) atoms. The van der Waals surface area contributed by atoms with Gasteiger partial charge < -0.3 is 10.1 Å². The Kier molecular flexibility index (Phi) is 6.97. The first kappa shape index (κ1) is 22.2. The molecule has 2 saturated carbocycles. The van der Waals surface area contributed by atoms with Crippen LogP contribution in [0.1, 0.15) is 90.5 Å². The average Bonchev–Trinajstić information content (AvgIpc) is 3.12. The van der Waals surface area contributed by atoms with Crippen LogP contribution in [-0.4, -0.2) is 27.7 Å². The van der Waals surface area contributed by atoms with Crippen LogP contribution in [0.3, 0.4) is 0 Å². The van der Waals surface area contributed by atoms with E-state index in [0.29, 0.717) is 11.6 Å². The molecule has 0 radical (unpaired) electrons. The monoisotopic (exact) mass is 421 g/mol. The Bertz CT molecular complexity index is 715. The second kappa shape index (κ2) is 9.11. The minimum atomic E-state index is -0.515. The molecule has 1 aromatic heterocycles. The van der Waals surface area contributed by atoms with Crippen molar-refractivity contribution in [1.29, 1.82) is 0 Å². The van der Waals surface area contributed by atoms with Crippen LogP contribution < -0.4 is 5.32 Å². The van der Waals surface area contributed by atoms with Gasteiger partial charge in [-0.3, -0.25) is 9.59 Å². The molecule has 1 atom stereocenters. The Morgan fingerprint density at radius 3 is 2.52 bits per heavy atom. The number of esters is 1. The van der Waals surface area contributed by atoms with Crippen molar-refractivity contribution in [2.75, 3.05) is 5.32 Å². The van der Waals surface area contributed by atoms with Gasteiger partial charge in [0.2, 0.25) is 11.0 Å². The third-order valence-corrected chi connectivity index (χ3v) is 6.77. The van der Waals surface area contributed by atoms with Crippen LogP contribution in [0.15, 0.2) is 0 Å². The van der Waals surface area contributed by atoms with Crippen LogP contribution in [0.25, 0.3) is 0 Å². The second-order valence-electron chi connectivity index (χ2n) is 9.81. The third kappa shape index (κ3) is 6.24. The van der Waals surface area contributed by atoms with Gasteiger partial charge in [0.05, 0.1) is 11.3 Å². The molecule has 0 aliphatic heterocycles. The Balaban J connectivity index is 1.68. The predicted octanol–water partition coefficient (Wildman–Crippen LogP) is 5.14. The van der Waals surface area contributed by atoms with Crippen molar-refractivity contribution in [3.8, 4) is 0 Å². The summed E-state index contributed by atoms with van der Waals surface area (Å²) in [6, 6.07) is 0. The summed E-state index contributed by atoms with van der Waals surface area (Å²) in [6.07, 6.45) is 9.36. The van der Waals surface area contributed by atoms with Gasteiger partial charge in [0.25, 0.3) is 0 Å². The zero-order valence-electron chi connectivity index (χ0n) is 18.3. The maximum atomic E-state index is 13.3. The minimum Gasteiger partial charge on any atom is -0.460 e. The van der Waals surface area contributed by atoms with E-state index in [1.54, 1.807) is 0 Å². The molecule has 0 aromatic carbocycles. The first-order valence-corrected chi connectivity index (χ1v) is 11.9. The molecule has 0 spiro atoms. The lowest BCUT2D eigenvalue weighted by atomic mass is 9.75. The largest absolute Gasteiger partial charge is 0.460 e. The van der Waals surface area contributed by atoms with E-state index in [2.05, 4.69) is 22.4 Å². The molecule has 0 bridgehead atoms. The molecular weight excluding hydrogens is 386 g/mol. The number of ether oxygens (including phenoxy) is 1. The van der Waals surface area contributed by atoms with Crippen LogP contribution in [0, 0.1) is 17.3 Å². The normalized spacial score (nSPS) is 19.7. The van der Waals surface area contributed by atoms with Crippen molar-refractivity contribution >= 4 is 28.3 Å². The highest BCUT2D eigenvalue weighted by molar-refractivity contribution is 7.15. The Labute approximate surface area is 178 Å². The van der Waals surface area contributed by atoms with E-state index < -0.39 is 11.0 Å². The van der Waals surface area contributed by atoms with Gasteiger partial charge in [-0.1, -0.05) is 37.5 Å². The molecule has 1 aromatic rings. The van der Waals surface area contributed by atoms with Crippen LogP contribution in [0.5, 0.6) is 0 Å². The van der Waals surface area contributed by atoms with Crippen LogP contribution >= 0.6 is 11.3 Å². The van der Waals surface area contributed by atoms with E-state index in [9.17, 15) is 9.59 Å². The number of anilines is 1. The first-order chi connectivity index (χ1) is 13.7. The SMILES string of the molecule is CCCC(CC1(C(=O)Nc2nnc(CC3CC3)s2)CCCC1)C(=O)OC(C)(C)C. The zero-order chi connectivity index (χ0) is 21.1. The molecule has 2 fully saturated rings. The number of carbonyl (C=O) groups is 2. The highest BCUT2D eigenvalue weighted by Crippen LogP contribution is 2.45. The van der Waals surface area contributed by atoms with E-state index in [4.69, 9.17) is 4.74 Å². The summed E-state index contributed by atoms with van der Waals surface area (Å²) in [6.45, 7) is 7.74. The summed E-state index contributed by atoms with van der Waals surface area (Å²) in [5.74, 6) is 0.314. The molecule has 2 aliphatic carbocycles. The summed E-state index contributed by atoms with van der Waals surface area (Å²) < 4.78 is 5.66. The van der Waals surface area contributed by atoms with E-state index in [0.717, 1.165) is 55.9 Å². The molecule has 1 amide bonds. The summed E-state index contributed by atoms with van der Waals surface area (Å²) in [7, 11) is 0. The fraction of sp³-hybridized carbons (Fsp3) is 0.818. The quantitative estimate of drug-likeness (QED) is 0.559. The third-order valence-electron chi connectivity index (χ3n) is 5.90. The van der Waals surface area contributed by atoms with Crippen molar-refractivity contribution in [3.63, 3.8) is 0 Å². The smallest absolute Gasteiger partial charge is 0.309 e. The lowest BCUT2D eigenvalue weighted by Gasteiger charge is -2.32. The zero-order valence-corrected chi connectivity index (χ0v) is 19.1. The number of carbonyl (C=O) groups excluding carboxylic acids is 2. The Hall–Kier alpha value is -1.50. The summed E-state index contributed by atoms with van der Waals surface area (Å²) >= 11 is 1.48.